The highest BCUT2D eigenvalue weighted by atomic mass is 79.9. The SMILES string of the molecule is Brc1cccc(-c2nc3ccccn3n2)c1. The molecule has 4 heteroatoms. The molecule has 0 amide bonds. The van der Waals surface area contributed by atoms with Crippen molar-refractivity contribution in [3.8, 4) is 11.4 Å². The Bertz CT molecular complexity index is 612. The van der Waals surface area contributed by atoms with Gasteiger partial charge in [0.2, 0.25) is 0 Å². The van der Waals surface area contributed by atoms with E-state index in [-0.39, 0.29) is 0 Å². The first kappa shape index (κ1) is 9.54. The van der Waals surface area contributed by atoms with E-state index in [4.69, 9.17) is 0 Å². The fourth-order valence-electron chi connectivity index (χ4n) is 1.58. The van der Waals surface area contributed by atoms with Crippen molar-refractivity contribution in [1.29, 1.82) is 0 Å². The molecule has 3 rings (SSSR count). The van der Waals surface area contributed by atoms with Crippen LogP contribution in [0, 0.1) is 0 Å². The fourth-order valence-corrected chi connectivity index (χ4v) is 1.98. The number of nitrogens with zero attached hydrogens (tertiary/aromatic N) is 3. The average Bonchev–Trinajstić information content (AvgIpc) is 2.72. The van der Waals surface area contributed by atoms with Crippen LogP contribution in [0.25, 0.3) is 17.0 Å². The molecule has 0 saturated heterocycles. The summed E-state index contributed by atoms with van der Waals surface area (Å²) in [6, 6.07) is 13.8. The zero-order valence-corrected chi connectivity index (χ0v) is 9.92. The summed E-state index contributed by atoms with van der Waals surface area (Å²) in [6.45, 7) is 0. The lowest BCUT2D eigenvalue weighted by Gasteiger charge is -1.94. The average molecular weight is 274 g/mol. The Morgan fingerprint density at radius 2 is 2.00 bits per heavy atom. The predicted octanol–water partition coefficient (Wildman–Crippen LogP) is 3.16. The second-order valence-electron chi connectivity index (χ2n) is 3.45. The molecule has 0 bridgehead atoms. The summed E-state index contributed by atoms with van der Waals surface area (Å²) in [4.78, 5) is 4.46. The van der Waals surface area contributed by atoms with Crippen molar-refractivity contribution in [2.24, 2.45) is 0 Å². The van der Waals surface area contributed by atoms with Crippen LogP contribution in [0.1, 0.15) is 0 Å². The Hall–Kier alpha value is -1.68. The molecule has 16 heavy (non-hydrogen) atoms. The number of aromatic nitrogens is 3. The molecule has 1 aromatic carbocycles. The second kappa shape index (κ2) is 3.72. The first-order chi connectivity index (χ1) is 7.83. The molecule has 0 aliphatic carbocycles. The lowest BCUT2D eigenvalue weighted by Crippen LogP contribution is -1.84. The Morgan fingerprint density at radius 3 is 2.81 bits per heavy atom. The maximum Gasteiger partial charge on any atom is 0.182 e. The van der Waals surface area contributed by atoms with Crippen LogP contribution in [-0.4, -0.2) is 14.6 Å². The van der Waals surface area contributed by atoms with Gasteiger partial charge in [0.1, 0.15) is 0 Å². The molecule has 3 aromatic rings. The predicted molar refractivity (Wildman–Crippen MR) is 66.1 cm³/mol. The molecule has 0 spiro atoms. The standard InChI is InChI=1S/C12H8BrN3/c13-10-5-3-4-9(8-10)12-14-11-6-1-2-7-16(11)15-12/h1-8H. The lowest BCUT2D eigenvalue weighted by atomic mass is 10.2. The number of hydrogen-bond acceptors (Lipinski definition) is 2. The van der Waals surface area contributed by atoms with Gasteiger partial charge in [0.05, 0.1) is 0 Å². The molecule has 0 aliphatic heterocycles. The molecule has 0 unspecified atom stereocenters. The molecule has 0 fully saturated rings. The van der Waals surface area contributed by atoms with E-state index in [1.54, 1.807) is 4.52 Å². The second-order valence-corrected chi connectivity index (χ2v) is 4.36. The molecule has 2 aromatic heterocycles. The number of fused-ring (bicyclic) bond motifs is 1. The molecule has 0 radical (unpaired) electrons. The van der Waals surface area contributed by atoms with Crippen molar-refractivity contribution in [1.82, 2.24) is 14.6 Å². The van der Waals surface area contributed by atoms with Crippen LogP contribution < -0.4 is 0 Å². The summed E-state index contributed by atoms with van der Waals surface area (Å²) < 4.78 is 2.81. The van der Waals surface area contributed by atoms with Crippen LogP contribution >= 0.6 is 15.9 Å². The minimum atomic E-state index is 0.743. The smallest absolute Gasteiger partial charge is 0.182 e. The van der Waals surface area contributed by atoms with Crippen LogP contribution in [0.3, 0.4) is 0 Å². The molecular weight excluding hydrogens is 266 g/mol. The van der Waals surface area contributed by atoms with Crippen LogP contribution in [-0.2, 0) is 0 Å². The quantitative estimate of drug-likeness (QED) is 0.682. The summed E-state index contributed by atoms with van der Waals surface area (Å²) in [5.41, 5.74) is 1.87. The summed E-state index contributed by atoms with van der Waals surface area (Å²) in [6.07, 6.45) is 1.89. The third kappa shape index (κ3) is 1.61. The van der Waals surface area contributed by atoms with E-state index in [1.165, 1.54) is 0 Å². The van der Waals surface area contributed by atoms with Crippen LogP contribution in [0.4, 0.5) is 0 Å². The van der Waals surface area contributed by atoms with Gasteiger partial charge in [0.15, 0.2) is 11.5 Å². The van der Waals surface area contributed by atoms with E-state index < -0.39 is 0 Å². The van der Waals surface area contributed by atoms with E-state index in [2.05, 4.69) is 26.0 Å². The van der Waals surface area contributed by atoms with Gasteiger partial charge in [0, 0.05) is 16.2 Å². The van der Waals surface area contributed by atoms with Crippen LogP contribution in [0.5, 0.6) is 0 Å². The highest BCUT2D eigenvalue weighted by Gasteiger charge is 2.05. The maximum absolute atomic E-state index is 4.46. The monoisotopic (exact) mass is 273 g/mol. The van der Waals surface area contributed by atoms with Gasteiger partial charge in [-0.05, 0) is 24.3 Å². The maximum atomic E-state index is 4.46. The lowest BCUT2D eigenvalue weighted by molar-refractivity contribution is 0.966. The number of halogens is 1. The minimum Gasteiger partial charge on any atom is -0.221 e. The first-order valence-electron chi connectivity index (χ1n) is 4.90. The van der Waals surface area contributed by atoms with E-state index in [9.17, 15) is 0 Å². The fraction of sp³-hybridized carbons (Fsp3) is 0. The zero-order chi connectivity index (χ0) is 11.0. The van der Waals surface area contributed by atoms with Gasteiger partial charge >= 0.3 is 0 Å². The zero-order valence-electron chi connectivity index (χ0n) is 8.34. The summed E-state index contributed by atoms with van der Waals surface area (Å²) in [5, 5.41) is 4.41. The van der Waals surface area contributed by atoms with Crippen molar-refractivity contribution < 1.29 is 0 Å². The van der Waals surface area contributed by atoms with Crippen molar-refractivity contribution in [2.75, 3.05) is 0 Å². The number of benzene rings is 1. The molecular formula is C12H8BrN3. The Balaban J connectivity index is 2.19. The largest absolute Gasteiger partial charge is 0.221 e. The molecule has 78 valence electrons. The van der Waals surface area contributed by atoms with Gasteiger partial charge in [-0.15, -0.1) is 5.10 Å². The van der Waals surface area contributed by atoms with Gasteiger partial charge < -0.3 is 0 Å². The van der Waals surface area contributed by atoms with E-state index in [0.29, 0.717) is 0 Å². The third-order valence-electron chi connectivity index (χ3n) is 2.32. The van der Waals surface area contributed by atoms with Gasteiger partial charge in [-0.25, -0.2) is 9.50 Å². The minimum absolute atomic E-state index is 0.743. The van der Waals surface area contributed by atoms with E-state index in [0.717, 1.165) is 21.5 Å². The number of hydrogen-bond donors (Lipinski definition) is 0. The first-order valence-corrected chi connectivity index (χ1v) is 5.69. The summed E-state index contributed by atoms with van der Waals surface area (Å²) >= 11 is 3.44. The highest BCUT2D eigenvalue weighted by molar-refractivity contribution is 9.10. The van der Waals surface area contributed by atoms with Gasteiger partial charge in [0.25, 0.3) is 0 Å². The molecule has 0 saturated carbocycles. The molecule has 0 N–H and O–H groups in total. The topological polar surface area (TPSA) is 30.2 Å². The molecule has 0 atom stereocenters. The Kier molecular flexibility index (Phi) is 2.22. The highest BCUT2D eigenvalue weighted by Crippen LogP contribution is 2.20. The van der Waals surface area contributed by atoms with E-state index in [1.807, 2.05) is 48.7 Å². The number of pyridine rings is 1. The van der Waals surface area contributed by atoms with Crippen molar-refractivity contribution >= 4 is 21.6 Å². The molecule has 3 nitrogen and oxygen atoms in total. The van der Waals surface area contributed by atoms with Crippen molar-refractivity contribution in [3.05, 3.63) is 53.1 Å². The Labute approximate surface area is 101 Å². The van der Waals surface area contributed by atoms with Crippen LogP contribution in [0.15, 0.2) is 53.1 Å². The molecule has 0 aliphatic rings. The number of rotatable bonds is 1. The molecule has 2 heterocycles. The van der Waals surface area contributed by atoms with Gasteiger partial charge in [-0.2, -0.15) is 0 Å². The van der Waals surface area contributed by atoms with Crippen molar-refractivity contribution in [2.45, 2.75) is 0 Å². The van der Waals surface area contributed by atoms with Crippen molar-refractivity contribution in [3.63, 3.8) is 0 Å². The summed E-state index contributed by atoms with van der Waals surface area (Å²) in [5.74, 6) is 0.743. The third-order valence-corrected chi connectivity index (χ3v) is 2.82. The van der Waals surface area contributed by atoms with E-state index >= 15 is 0 Å². The van der Waals surface area contributed by atoms with Gasteiger partial charge in [-0.1, -0.05) is 34.1 Å². The Morgan fingerprint density at radius 1 is 1.06 bits per heavy atom. The normalized spacial score (nSPS) is 10.8. The summed E-state index contributed by atoms with van der Waals surface area (Å²) in [7, 11) is 0. The van der Waals surface area contributed by atoms with Crippen LogP contribution in [0.2, 0.25) is 0 Å². The van der Waals surface area contributed by atoms with Gasteiger partial charge in [-0.3, -0.25) is 0 Å².